The van der Waals surface area contributed by atoms with Gasteiger partial charge in [-0.1, -0.05) is 18.2 Å². The van der Waals surface area contributed by atoms with E-state index in [-0.39, 0.29) is 5.97 Å². The Morgan fingerprint density at radius 3 is 2.27 bits per heavy atom. The first-order valence-corrected chi connectivity index (χ1v) is 10.1. The fourth-order valence-corrected chi connectivity index (χ4v) is 4.04. The van der Waals surface area contributed by atoms with Gasteiger partial charge >= 0.3 is 5.97 Å². The minimum absolute atomic E-state index is 0.384. The second-order valence-electron chi connectivity index (χ2n) is 7.00. The van der Waals surface area contributed by atoms with Crippen LogP contribution in [-0.4, -0.2) is 31.7 Å². The van der Waals surface area contributed by atoms with Crippen LogP contribution < -0.4 is 20.7 Å². The summed E-state index contributed by atoms with van der Waals surface area (Å²) in [5.74, 6) is 0.111. The van der Waals surface area contributed by atoms with Gasteiger partial charge in [0.1, 0.15) is 5.69 Å². The van der Waals surface area contributed by atoms with E-state index in [1.165, 1.54) is 0 Å². The van der Waals surface area contributed by atoms with Crippen molar-refractivity contribution >= 4 is 44.8 Å². The number of benzene rings is 3. The molecule has 4 rings (SSSR count). The highest BCUT2D eigenvalue weighted by atomic mass is 16.5. The average molecular weight is 402 g/mol. The zero-order valence-electron chi connectivity index (χ0n) is 17.7. The molecule has 1 aromatic heterocycles. The minimum Gasteiger partial charge on any atom is -0.421 e. The molecular formula is C24H26N4O2. The Morgan fingerprint density at radius 1 is 0.900 bits per heavy atom. The molecule has 1 heterocycles. The van der Waals surface area contributed by atoms with Crippen LogP contribution in [0.25, 0.3) is 21.8 Å². The van der Waals surface area contributed by atoms with E-state index in [2.05, 4.69) is 45.6 Å². The van der Waals surface area contributed by atoms with Crippen LogP contribution in [0.3, 0.4) is 0 Å². The molecule has 0 aliphatic carbocycles. The maximum Gasteiger partial charge on any atom is 0.343 e. The zero-order chi connectivity index (χ0) is 21.3. The van der Waals surface area contributed by atoms with Crippen molar-refractivity contribution in [1.82, 2.24) is 4.57 Å². The summed E-state index contributed by atoms with van der Waals surface area (Å²) < 4.78 is 8.09. The van der Waals surface area contributed by atoms with Gasteiger partial charge in [0.25, 0.3) is 0 Å². The van der Waals surface area contributed by atoms with E-state index in [0.29, 0.717) is 11.3 Å². The average Bonchev–Trinajstić information content (AvgIpc) is 3.10. The summed E-state index contributed by atoms with van der Waals surface area (Å²) in [5.41, 5.74) is 5.36. The molecule has 0 saturated carbocycles. The molecule has 0 atom stereocenters. The largest absolute Gasteiger partial charge is 0.421 e. The second-order valence-corrected chi connectivity index (χ2v) is 7.00. The Hall–Kier alpha value is -3.67. The van der Waals surface area contributed by atoms with Crippen molar-refractivity contribution in [3.63, 3.8) is 0 Å². The van der Waals surface area contributed by atoms with Gasteiger partial charge in [0.2, 0.25) is 0 Å². The maximum atomic E-state index is 12.7. The van der Waals surface area contributed by atoms with Crippen molar-refractivity contribution < 1.29 is 9.53 Å². The van der Waals surface area contributed by atoms with Crippen molar-refractivity contribution in [2.45, 2.75) is 13.5 Å². The fraction of sp³-hybridized carbons (Fsp3) is 0.208. The molecule has 6 nitrogen and oxygen atoms in total. The Kier molecular flexibility index (Phi) is 5.23. The van der Waals surface area contributed by atoms with E-state index in [4.69, 9.17) is 4.74 Å². The lowest BCUT2D eigenvalue weighted by Crippen LogP contribution is -2.11. The molecule has 0 unspecified atom stereocenters. The van der Waals surface area contributed by atoms with E-state index in [1.807, 2.05) is 45.4 Å². The first kappa shape index (κ1) is 19.6. The SMILES string of the molecule is CCn1c2ccc(NC)cc2c2c(NC)c(NC)c(OC(=O)c3ccccc3)cc21. The predicted octanol–water partition coefficient (Wildman–Crippen LogP) is 5.16. The van der Waals surface area contributed by atoms with Gasteiger partial charge in [-0.15, -0.1) is 0 Å². The molecule has 30 heavy (non-hydrogen) atoms. The molecule has 0 saturated heterocycles. The highest BCUT2D eigenvalue weighted by Crippen LogP contribution is 2.44. The van der Waals surface area contributed by atoms with Crippen LogP contribution >= 0.6 is 0 Å². The molecule has 0 radical (unpaired) electrons. The van der Waals surface area contributed by atoms with Gasteiger partial charge in [-0.2, -0.15) is 0 Å². The van der Waals surface area contributed by atoms with Gasteiger partial charge in [-0.3, -0.25) is 0 Å². The number of rotatable bonds is 6. The third-order valence-corrected chi connectivity index (χ3v) is 5.43. The van der Waals surface area contributed by atoms with Crippen molar-refractivity contribution in [2.24, 2.45) is 0 Å². The van der Waals surface area contributed by atoms with Gasteiger partial charge in [-0.05, 0) is 37.3 Å². The lowest BCUT2D eigenvalue weighted by atomic mass is 10.1. The topological polar surface area (TPSA) is 67.3 Å². The molecule has 154 valence electrons. The molecule has 0 aliphatic rings. The predicted molar refractivity (Wildman–Crippen MR) is 125 cm³/mol. The third kappa shape index (κ3) is 3.10. The molecule has 0 bridgehead atoms. The Bertz CT molecular complexity index is 1230. The fourth-order valence-electron chi connectivity index (χ4n) is 4.04. The maximum absolute atomic E-state index is 12.7. The standard InChI is InChI=1S/C24H26N4O2/c1-5-28-18-12-11-16(25-2)13-17(18)21-19(28)14-20(22(26-3)23(21)27-4)30-24(29)15-9-7-6-8-10-15/h6-14,25-27H,5H2,1-4H3. The number of carbonyl (C=O) groups is 1. The van der Waals surface area contributed by atoms with Crippen LogP contribution in [0.4, 0.5) is 17.1 Å². The molecule has 0 aliphatic heterocycles. The summed E-state index contributed by atoms with van der Waals surface area (Å²) in [7, 11) is 5.63. The second kappa shape index (κ2) is 7.99. The van der Waals surface area contributed by atoms with Crippen LogP contribution in [0.2, 0.25) is 0 Å². The smallest absolute Gasteiger partial charge is 0.343 e. The molecule has 4 aromatic rings. The molecular weight excluding hydrogens is 376 g/mol. The zero-order valence-corrected chi connectivity index (χ0v) is 17.7. The number of nitrogens with zero attached hydrogens (tertiary/aromatic N) is 1. The van der Waals surface area contributed by atoms with E-state index in [0.717, 1.165) is 45.4 Å². The summed E-state index contributed by atoms with van der Waals surface area (Å²) in [5, 5.41) is 12.0. The number of anilines is 3. The van der Waals surface area contributed by atoms with Crippen molar-refractivity contribution in [2.75, 3.05) is 37.1 Å². The molecule has 3 aromatic carbocycles. The Morgan fingerprint density at radius 2 is 1.63 bits per heavy atom. The van der Waals surface area contributed by atoms with Gasteiger partial charge < -0.3 is 25.3 Å². The van der Waals surface area contributed by atoms with E-state index >= 15 is 0 Å². The molecule has 0 fully saturated rings. The van der Waals surface area contributed by atoms with Crippen LogP contribution in [0.15, 0.2) is 54.6 Å². The highest BCUT2D eigenvalue weighted by molar-refractivity contribution is 6.18. The number of aromatic nitrogens is 1. The number of aryl methyl sites for hydroxylation is 1. The number of hydrogen-bond acceptors (Lipinski definition) is 5. The summed E-state index contributed by atoms with van der Waals surface area (Å²) in [6, 6.07) is 17.3. The van der Waals surface area contributed by atoms with Crippen LogP contribution in [0, 0.1) is 0 Å². The van der Waals surface area contributed by atoms with Crippen LogP contribution in [0.1, 0.15) is 17.3 Å². The lowest BCUT2D eigenvalue weighted by molar-refractivity contribution is 0.0736. The Labute approximate surface area is 175 Å². The van der Waals surface area contributed by atoms with Crippen molar-refractivity contribution in [1.29, 1.82) is 0 Å². The summed E-state index contributed by atoms with van der Waals surface area (Å²) in [6.45, 7) is 2.92. The summed E-state index contributed by atoms with van der Waals surface area (Å²) >= 11 is 0. The monoisotopic (exact) mass is 402 g/mol. The summed E-state index contributed by atoms with van der Waals surface area (Å²) in [6.07, 6.45) is 0. The highest BCUT2D eigenvalue weighted by Gasteiger charge is 2.21. The minimum atomic E-state index is -0.384. The Balaban J connectivity index is 1.98. The number of esters is 1. The number of nitrogens with one attached hydrogen (secondary N) is 3. The quantitative estimate of drug-likeness (QED) is 0.307. The van der Waals surface area contributed by atoms with Gasteiger partial charge in [-0.25, -0.2) is 4.79 Å². The molecule has 3 N–H and O–H groups in total. The third-order valence-electron chi connectivity index (χ3n) is 5.43. The van der Waals surface area contributed by atoms with Crippen LogP contribution in [0.5, 0.6) is 5.75 Å². The van der Waals surface area contributed by atoms with E-state index < -0.39 is 0 Å². The lowest BCUT2D eigenvalue weighted by Gasteiger charge is -2.16. The number of carbonyl (C=O) groups excluding carboxylic acids is 1. The number of fused-ring (bicyclic) bond motifs is 3. The van der Waals surface area contributed by atoms with Crippen LogP contribution in [-0.2, 0) is 6.54 Å². The molecule has 0 amide bonds. The van der Waals surface area contributed by atoms with Gasteiger partial charge in [0.15, 0.2) is 5.75 Å². The van der Waals surface area contributed by atoms with Crippen molar-refractivity contribution in [3.8, 4) is 5.75 Å². The van der Waals surface area contributed by atoms with Crippen molar-refractivity contribution in [3.05, 3.63) is 60.2 Å². The number of hydrogen-bond donors (Lipinski definition) is 3. The van der Waals surface area contributed by atoms with Gasteiger partial charge in [0, 0.05) is 55.7 Å². The normalized spacial score (nSPS) is 10.9. The van der Waals surface area contributed by atoms with E-state index in [9.17, 15) is 4.79 Å². The van der Waals surface area contributed by atoms with Gasteiger partial charge in [0.05, 0.1) is 16.8 Å². The summed E-state index contributed by atoms with van der Waals surface area (Å²) in [4.78, 5) is 12.7. The molecule has 6 heteroatoms. The molecule has 0 spiro atoms. The first-order valence-electron chi connectivity index (χ1n) is 10.1. The number of ether oxygens (including phenoxy) is 1. The van der Waals surface area contributed by atoms with E-state index in [1.54, 1.807) is 12.1 Å². The first-order chi connectivity index (χ1) is 14.6.